The summed E-state index contributed by atoms with van der Waals surface area (Å²) in [5, 5.41) is 21.5. The van der Waals surface area contributed by atoms with Crippen molar-refractivity contribution < 1.29 is 14.6 Å². The van der Waals surface area contributed by atoms with E-state index >= 15 is 0 Å². The van der Waals surface area contributed by atoms with Gasteiger partial charge in [-0.3, -0.25) is 9.69 Å². The molecular formula is C18H23N3O3. The summed E-state index contributed by atoms with van der Waals surface area (Å²) in [6, 6.07) is 9.29. The van der Waals surface area contributed by atoms with Gasteiger partial charge < -0.3 is 15.2 Å². The molecule has 6 heteroatoms. The molecule has 2 fully saturated rings. The van der Waals surface area contributed by atoms with E-state index in [0.29, 0.717) is 23.9 Å². The minimum Gasteiger partial charge on any atom is -0.478 e. The van der Waals surface area contributed by atoms with E-state index in [1.807, 2.05) is 6.07 Å². The van der Waals surface area contributed by atoms with Gasteiger partial charge in [-0.15, -0.1) is 0 Å². The number of hydrogen-bond donors (Lipinski definition) is 2. The summed E-state index contributed by atoms with van der Waals surface area (Å²) >= 11 is 0. The van der Waals surface area contributed by atoms with E-state index in [4.69, 9.17) is 10.00 Å². The molecule has 128 valence electrons. The van der Waals surface area contributed by atoms with Crippen molar-refractivity contribution >= 4 is 5.91 Å². The molecule has 1 saturated carbocycles. The first kappa shape index (κ1) is 16.7. The predicted molar refractivity (Wildman–Crippen MR) is 88.6 cm³/mol. The lowest BCUT2D eigenvalue weighted by Gasteiger charge is -2.29. The Bertz CT molecular complexity index is 628. The molecule has 1 heterocycles. The molecule has 0 radical (unpaired) electrons. The first-order valence-corrected chi connectivity index (χ1v) is 8.51. The van der Waals surface area contributed by atoms with Gasteiger partial charge >= 0.3 is 0 Å². The van der Waals surface area contributed by atoms with Gasteiger partial charge in [0.15, 0.2) is 6.61 Å². The van der Waals surface area contributed by atoms with Crippen molar-refractivity contribution in [3.63, 3.8) is 0 Å². The molecule has 3 atom stereocenters. The molecule has 1 amide bonds. The number of carbonyl (C=O) groups is 1. The Labute approximate surface area is 142 Å². The molecule has 1 aliphatic carbocycles. The zero-order chi connectivity index (χ0) is 16.9. The molecule has 0 bridgehead atoms. The summed E-state index contributed by atoms with van der Waals surface area (Å²) in [6.45, 7) is 1.50. The van der Waals surface area contributed by atoms with Gasteiger partial charge in [0, 0.05) is 25.2 Å². The standard InChI is InChI=1S/C18H23N3O3/c19-9-11-24-17-7-2-1-4-14(17)18(23)20-15-5-3-6-16(15)21-10-8-13(22)12-21/h1-2,4,7,13,15-16,22H,3,5-6,8,10-12H2,(H,20,23)/t13?,15-,16+/m1/s1. The molecule has 1 saturated heterocycles. The molecule has 1 aliphatic heterocycles. The Balaban J connectivity index is 1.67. The smallest absolute Gasteiger partial charge is 0.255 e. The monoisotopic (exact) mass is 329 g/mol. The van der Waals surface area contributed by atoms with Crippen LogP contribution in [0.1, 0.15) is 36.0 Å². The fraction of sp³-hybridized carbons (Fsp3) is 0.556. The van der Waals surface area contributed by atoms with Gasteiger partial charge in [0.05, 0.1) is 11.7 Å². The molecule has 1 aromatic carbocycles. The van der Waals surface area contributed by atoms with Crippen molar-refractivity contribution in [1.82, 2.24) is 10.2 Å². The third kappa shape index (κ3) is 3.69. The number of nitriles is 1. The van der Waals surface area contributed by atoms with E-state index in [-0.39, 0.29) is 24.7 Å². The number of ether oxygens (including phenoxy) is 1. The van der Waals surface area contributed by atoms with Crippen LogP contribution in [0.5, 0.6) is 5.75 Å². The Hall–Kier alpha value is -2.10. The number of aliphatic hydroxyl groups is 1. The molecule has 1 unspecified atom stereocenters. The highest BCUT2D eigenvalue weighted by Crippen LogP contribution is 2.28. The lowest BCUT2D eigenvalue weighted by atomic mass is 10.1. The van der Waals surface area contributed by atoms with Crippen molar-refractivity contribution in [1.29, 1.82) is 5.26 Å². The fourth-order valence-electron chi connectivity index (χ4n) is 3.75. The van der Waals surface area contributed by atoms with Crippen molar-refractivity contribution in [3.05, 3.63) is 29.8 Å². The second-order valence-corrected chi connectivity index (χ2v) is 6.46. The molecule has 2 aliphatic rings. The topological polar surface area (TPSA) is 85.6 Å². The third-order valence-corrected chi connectivity index (χ3v) is 4.88. The molecule has 2 N–H and O–H groups in total. The van der Waals surface area contributed by atoms with Crippen molar-refractivity contribution in [3.8, 4) is 11.8 Å². The maximum Gasteiger partial charge on any atom is 0.255 e. The minimum atomic E-state index is -0.248. The number of nitrogens with one attached hydrogen (secondary N) is 1. The van der Waals surface area contributed by atoms with Crippen molar-refractivity contribution in [2.45, 2.75) is 43.9 Å². The van der Waals surface area contributed by atoms with Crippen LogP contribution < -0.4 is 10.1 Å². The normalized spacial score (nSPS) is 26.9. The van der Waals surface area contributed by atoms with Gasteiger partial charge in [-0.25, -0.2) is 0 Å². The quantitative estimate of drug-likeness (QED) is 0.850. The first-order valence-electron chi connectivity index (χ1n) is 8.51. The zero-order valence-electron chi connectivity index (χ0n) is 13.6. The summed E-state index contributed by atoms with van der Waals surface area (Å²) < 4.78 is 5.35. The van der Waals surface area contributed by atoms with Crippen LogP contribution in [0.25, 0.3) is 0 Å². The maximum atomic E-state index is 12.7. The zero-order valence-corrected chi connectivity index (χ0v) is 13.6. The number of aliphatic hydroxyl groups excluding tert-OH is 1. The Morgan fingerprint density at radius 1 is 1.38 bits per heavy atom. The number of β-amino-alcohol motifs (C(OH)–C–C–N with tert-alkyl or cyclic N) is 1. The number of para-hydroxylation sites is 1. The number of benzene rings is 1. The molecule has 1 aromatic rings. The number of nitrogens with zero attached hydrogens (tertiary/aromatic N) is 2. The van der Waals surface area contributed by atoms with Crippen LogP contribution in [0, 0.1) is 11.3 Å². The number of hydrogen-bond acceptors (Lipinski definition) is 5. The van der Waals surface area contributed by atoms with E-state index in [9.17, 15) is 9.90 Å². The number of amides is 1. The Kier molecular flexibility index (Phi) is 5.34. The Morgan fingerprint density at radius 3 is 2.96 bits per heavy atom. The van der Waals surface area contributed by atoms with Crippen LogP contribution in [0.15, 0.2) is 24.3 Å². The van der Waals surface area contributed by atoms with Crippen LogP contribution in [-0.4, -0.2) is 53.8 Å². The van der Waals surface area contributed by atoms with E-state index < -0.39 is 0 Å². The highest BCUT2D eigenvalue weighted by Gasteiger charge is 2.36. The van der Waals surface area contributed by atoms with Crippen LogP contribution in [0.4, 0.5) is 0 Å². The average molecular weight is 329 g/mol. The second-order valence-electron chi connectivity index (χ2n) is 6.46. The van der Waals surface area contributed by atoms with Gasteiger partial charge in [-0.1, -0.05) is 12.1 Å². The van der Waals surface area contributed by atoms with Crippen molar-refractivity contribution in [2.75, 3.05) is 19.7 Å². The van der Waals surface area contributed by atoms with Gasteiger partial charge in [-0.2, -0.15) is 5.26 Å². The Morgan fingerprint density at radius 2 is 2.21 bits per heavy atom. The van der Waals surface area contributed by atoms with Crippen LogP contribution in [0.3, 0.4) is 0 Å². The lowest BCUT2D eigenvalue weighted by molar-refractivity contribution is 0.0902. The van der Waals surface area contributed by atoms with Crippen LogP contribution in [0.2, 0.25) is 0 Å². The number of carbonyl (C=O) groups excluding carboxylic acids is 1. The van der Waals surface area contributed by atoms with Gasteiger partial charge in [-0.05, 0) is 37.8 Å². The number of rotatable bonds is 5. The highest BCUT2D eigenvalue weighted by molar-refractivity contribution is 5.97. The van der Waals surface area contributed by atoms with E-state index in [2.05, 4.69) is 10.2 Å². The van der Waals surface area contributed by atoms with Gasteiger partial charge in [0.1, 0.15) is 11.8 Å². The molecule has 0 aromatic heterocycles. The average Bonchev–Trinajstić information content (AvgIpc) is 3.21. The summed E-state index contributed by atoms with van der Waals surface area (Å²) in [5.74, 6) is 0.267. The first-order chi connectivity index (χ1) is 11.7. The second kappa shape index (κ2) is 7.65. The van der Waals surface area contributed by atoms with Crippen LogP contribution in [-0.2, 0) is 0 Å². The molecule has 0 spiro atoms. The van der Waals surface area contributed by atoms with Gasteiger partial charge in [0.25, 0.3) is 5.91 Å². The molecule has 24 heavy (non-hydrogen) atoms. The lowest BCUT2D eigenvalue weighted by Crippen LogP contribution is -2.48. The molecule has 3 rings (SSSR count). The van der Waals surface area contributed by atoms with E-state index in [1.54, 1.807) is 24.3 Å². The molecular weight excluding hydrogens is 306 g/mol. The number of likely N-dealkylation sites (tertiary alicyclic amines) is 1. The third-order valence-electron chi connectivity index (χ3n) is 4.88. The van der Waals surface area contributed by atoms with Crippen LogP contribution >= 0.6 is 0 Å². The fourth-order valence-corrected chi connectivity index (χ4v) is 3.75. The predicted octanol–water partition coefficient (Wildman–Crippen LogP) is 1.31. The van der Waals surface area contributed by atoms with Crippen molar-refractivity contribution in [2.24, 2.45) is 0 Å². The summed E-state index contributed by atoms with van der Waals surface area (Å²) in [7, 11) is 0. The SMILES string of the molecule is N#CCOc1ccccc1C(=O)N[C@@H]1CCC[C@@H]1N1CCC(O)C1. The maximum absolute atomic E-state index is 12.7. The largest absolute Gasteiger partial charge is 0.478 e. The summed E-state index contributed by atoms with van der Waals surface area (Å²) in [5.41, 5.74) is 0.458. The summed E-state index contributed by atoms with van der Waals surface area (Å²) in [4.78, 5) is 15.0. The van der Waals surface area contributed by atoms with E-state index in [0.717, 1.165) is 32.2 Å². The van der Waals surface area contributed by atoms with Gasteiger partial charge in [0.2, 0.25) is 0 Å². The minimum absolute atomic E-state index is 0.0813. The summed E-state index contributed by atoms with van der Waals surface area (Å²) in [6.07, 6.45) is 3.63. The van der Waals surface area contributed by atoms with E-state index in [1.165, 1.54) is 0 Å². The highest BCUT2D eigenvalue weighted by atomic mass is 16.5. The molecule has 6 nitrogen and oxygen atoms in total.